The Kier molecular flexibility index (Phi) is 7.89. The molecule has 1 amide bonds. The Balaban J connectivity index is 2.12. The van der Waals surface area contributed by atoms with E-state index < -0.39 is 11.7 Å². The van der Waals surface area contributed by atoms with Gasteiger partial charge in [-0.2, -0.15) is 13.2 Å². The number of nitrogens with one attached hydrogen (secondary N) is 2. The first-order chi connectivity index (χ1) is 13.7. The number of aliphatic imine (C=N–C) groups is 1. The fourth-order valence-corrected chi connectivity index (χ4v) is 3.18. The van der Waals surface area contributed by atoms with Gasteiger partial charge in [-0.1, -0.05) is 24.6 Å². The standard InChI is InChI=1S/C20H29F3N4O2/c1-27(2)17(28)13-25-18(24-10-11-29-3)26-14-19(8-5-9-19)15-6-4-7-16(12-15)20(21,22)23/h4,6-7,12H,5,8-11,13-14H2,1-3H3,(H2,24,25,26). The second kappa shape index (κ2) is 9.96. The Bertz CT molecular complexity index is 716. The van der Waals surface area contributed by atoms with Crippen molar-refractivity contribution < 1.29 is 22.7 Å². The highest BCUT2D eigenvalue weighted by Crippen LogP contribution is 2.44. The molecule has 0 unspecified atom stereocenters. The molecule has 1 aromatic rings. The van der Waals surface area contributed by atoms with Crippen LogP contribution in [0.1, 0.15) is 30.4 Å². The van der Waals surface area contributed by atoms with Crippen molar-refractivity contribution in [2.75, 3.05) is 47.4 Å². The lowest BCUT2D eigenvalue weighted by Crippen LogP contribution is -2.49. The highest BCUT2D eigenvalue weighted by molar-refractivity contribution is 5.84. The SMILES string of the molecule is COCCNC(=NCC(=O)N(C)C)NCC1(c2cccc(C(F)(F)F)c2)CCC1. The van der Waals surface area contributed by atoms with Gasteiger partial charge >= 0.3 is 6.18 Å². The predicted molar refractivity (Wildman–Crippen MR) is 106 cm³/mol. The van der Waals surface area contributed by atoms with Gasteiger partial charge in [-0.05, 0) is 24.5 Å². The number of hydrogen-bond donors (Lipinski definition) is 2. The number of amides is 1. The molecule has 9 heteroatoms. The van der Waals surface area contributed by atoms with Crippen LogP contribution in [0.15, 0.2) is 29.3 Å². The lowest BCUT2D eigenvalue weighted by Gasteiger charge is -2.43. The van der Waals surface area contributed by atoms with Crippen LogP contribution < -0.4 is 10.6 Å². The number of guanidine groups is 1. The lowest BCUT2D eigenvalue weighted by atomic mass is 9.64. The lowest BCUT2D eigenvalue weighted by molar-refractivity contribution is -0.137. The second-order valence-corrected chi connectivity index (χ2v) is 7.44. The van der Waals surface area contributed by atoms with E-state index >= 15 is 0 Å². The minimum Gasteiger partial charge on any atom is -0.383 e. The topological polar surface area (TPSA) is 66.0 Å². The van der Waals surface area contributed by atoms with Crippen LogP contribution in [-0.4, -0.2) is 64.2 Å². The van der Waals surface area contributed by atoms with Gasteiger partial charge in [0.25, 0.3) is 0 Å². The normalized spacial score (nSPS) is 16.1. The maximum atomic E-state index is 13.1. The smallest absolute Gasteiger partial charge is 0.383 e. The molecule has 0 atom stereocenters. The molecule has 0 spiro atoms. The number of ether oxygens (including phenoxy) is 1. The Labute approximate surface area is 169 Å². The summed E-state index contributed by atoms with van der Waals surface area (Å²) in [7, 11) is 4.89. The average molecular weight is 414 g/mol. The molecular weight excluding hydrogens is 385 g/mol. The first-order valence-electron chi connectivity index (χ1n) is 9.57. The number of carbonyl (C=O) groups excluding carboxylic acids is 1. The van der Waals surface area contributed by atoms with Crippen molar-refractivity contribution in [3.05, 3.63) is 35.4 Å². The maximum Gasteiger partial charge on any atom is 0.416 e. The summed E-state index contributed by atoms with van der Waals surface area (Å²) in [5, 5.41) is 6.29. The molecule has 0 saturated heterocycles. The fraction of sp³-hybridized carbons (Fsp3) is 0.600. The maximum absolute atomic E-state index is 13.1. The van der Waals surface area contributed by atoms with Crippen LogP contribution in [0.4, 0.5) is 13.2 Å². The van der Waals surface area contributed by atoms with E-state index in [0.29, 0.717) is 31.2 Å². The van der Waals surface area contributed by atoms with Gasteiger partial charge in [0.1, 0.15) is 6.54 Å². The van der Waals surface area contributed by atoms with E-state index in [2.05, 4.69) is 15.6 Å². The van der Waals surface area contributed by atoms with Crippen LogP contribution in [0.25, 0.3) is 0 Å². The number of halogens is 3. The van der Waals surface area contributed by atoms with Crippen molar-refractivity contribution in [2.45, 2.75) is 30.9 Å². The number of carbonyl (C=O) groups is 1. The molecule has 2 rings (SSSR count). The number of nitrogens with zero attached hydrogens (tertiary/aromatic N) is 2. The molecule has 0 aliphatic heterocycles. The second-order valence-electron chi connectivity index (χ2n) is 7.44. The minimum absolute atomic E-state index is 0.0220. The van der Waals surface area contributed by atoms with Gasteiger partial charge in [0.15, 0.2) is 5.96 Å². The monoisotopic (exact) mass is 414 g/mol. The summed E-state index contributed by atoms with van der Waals surface area (Å²) in [5.74, 6) is 0.296. The molecule has 1 saturated carbocycles. The van der Waals surface area contributed by atoms with Crippen molar-refractivity contribution in [2.24, 2.45) is 4.99 Å². The van der Waals surface area contributed by atoms with Gasteiger partial charge in [0.2, 0.25) is 5.91 Å². The zero-order chi connectivity index (χ0) is 21.5. The first kappa shape index (κ1) is 23.0. The van der Waals surface area contributed by atoms with Gasteiger partial charge in [-0.25, -0.2) is 4.99 Å². The van der Waals surface area contributed by atoms with E-state index in [1.807, 2.05) is 0 Å². The van der Waals surface area contributed by atoms with Crippen LogP contribution in [0.5, 0.6) is 0 Å². The van der Waals surface area contributed by atoms with Crippen LogP contribution in [0.2, 0.25) is 0 Å². The summed E-state index contributed by atoms with van der Waals surface area (Å²) in [6, 6.07) is 5.54. The van der Waals surface area contributed by atoms with E-state index in [4.69, 9.17) is 4.74 Å². The summed E-state index contributed by atoms with van der Waals surface area (Å²) in [5.41, 5.74) is -0.340. The number of methoxy groups -OCH3 is 1. The van der Waals surface area contributed by atoms with E-state index in [0.717, 1.165) is 25.3 Å². The van der Waals surface area contributed by atoms with Crippen LogP contribution in [0.3, 0.4) is 0 Å². The van der Waals surface area contributed by atoms with Gasteiger partial charge in [0, 0.05) is 39.7 Å². The van der Waals surface area contributed by atoms with E-state index in [1.165, 1.54) is 17.0 Å². The summed E-state index contributed by atoms with van der Waals surface area (Å²) >= 11 is 0. The fourth-order valence-electron chi connectivity index (χ4n) is 3.18. The molecule has 0 radical (unpaired) electrons. The number of alkyl halides is 3. The number of likely N-dealkylation sites (N-methyl/N-ethyl adjacent to an activating group) is 1. The average Bonchev–Trinajstić information content (AvgIpc) is 2.64. The highest BCUT2D eigenvalue weighted by Gasteiger charge is 2.40. The highest BCUT2D eigenvalue weighted by atomic mass is 19.4. The third-order valence-corrected chi connectivity index (χ3v) is 5.18. The predicted octanol–water partition coefficient (Wildman–Crippen LogP) is 2.40. The van der Waals surface area contributed by atoms with E-state index in [-0.39, 0.29) is 17.9 Å². The summed E-state index contributed by atoms with van der Waals surface area (Å²) < 4.78 is 44.4. The molecule has 1 aliphatic rings. The van der Waals surface area contributed by atoms with Gasteiger partial charge in [0.05, 0.1) is 12.2 Å². The third kappa shape index (κ3) is 6.35. The Morgan fingerprint density at radius 2 is 2.00 bits per heavy atom. The molecule has 2 N–H and O–H groups in total. The van der Waals surface area contributed by atoms with Crippen LogP contribution in [0, 0.1) is 0 Å². The van der Waals surface area contributed by atoms with Crippen molar-refractivity contribution in [1.29, 1.82) is 0 Å². The van der Waals surface area contributed by atoms with Crippen molar-refractivity contribution in [3.8, 4) is 0 Å². The molecule has 1 aliphatic carbocycles. The molecule has 0 heterocycles. The van der Waals surface area contributed by atoms with E-state index in [9.17, 15) is 18.0 Å². The zero-order valence-electron chi connectivity index (χ0n) is 17.1. The zero-order valence-corrected chi connectivity index (χ0v) is 17.1. The van der Waals surface area contributed by atoms with Crippen LogP contribution in [-0.2, 0) is 21.1 Å². The molecule has 162 valence electrons. The molecule has 29 heavy (non-hydrogen) atoms. The quantitative estimate of drug-likeness (QED) is 0.390. The Morgan fingerprint density at radius 3 is 2.55 bits per heavy atom. The minimum atomic E-state index is -4.37. The molecule has 0 aromatic heterocycles. The molecule has 1 fully saturated rings. The summed E-state index contributed by atoms with van der Waals surface area (Å²) in [6.45, 7) is 1.37. The van der Waals surface area contributed by atoms with Crippen molar-refractivity contribution in [1.82, 2.24) is 15.5 Å². The molecule has 0 bridgehead atoms. The number of hydrogen-bond acceptors (Lipinski definition) is 3. The Morgan fingerprint density at radius 1 is 1.28 bits per heavy atom. The van der Waals surface area contributed by atoms with Crippen molar-refractivity contribution >= 4 is 11.9 Å². The van der Waals surface area contributed by atoms with Crippen LogP contribution >= 0.6 is 0 Å². The first-order valence-corrected chi connectivity index (χ1v) is 9.57. The molecule has 6 nitrogen and oxygen atoms in total. The summed E-state index contributed by atoms with van der Waals surface area (Å²) in [6.07, 6.45) is -1.82. The summed E-state index contributed by atoms with van der Waals surface area (Å²) in [4.78, 5) is 17.6. The Hall–Kier alpha value is -2.29. The van der Waals surface area contributed by atoms with Crippen molar-refractivity contribution in [3.63, 3.8) is 0 Å². The van der Waals surface area contributed by atoms with Gasteiger partial charge in [-0.3, -0.25) is 4.79 Å². The molecule has 1 aromatic carbocycles. The number of rotatable bonds is 8. The van der Waals surface area contributed by atoms with Gasteiger partial charge < -0.3 is 20.3 Å². The number of benzene rings is 1. The molecular formula is C20H29F3N4O2. The van der Waals surface area contributed by atoms with Gasteiger partial charge in [-0.15, -0.1) is 0 Å². The largest absolute Gasteiger partial charge is 0.416 e. The third-order valence-electron chi connectivity index (χ3n) is 5.18. The van der Waals surface area contributed by atoms with E-state index in [1.54, 1.807) is 27.3 Å².